The Balaban J connectivity index is 1.64. The van der Waals surface area contributed by atoms with Crippen LogP contribution in [0.3, 0.4) is 0 Å². The number of rotatable bonds is 7. The van der Waals surface area contributed by atoms with Crippen molar-refractivity contribution in [1.82, 2.24) is 4.90 Å². The highest BCUT2D eigenvalue weighted by Crippen LogP contribution is 2.40. The van der Waals surface area contributed by atoms with Crippen molar-refractivity contribution in [1.29, 1.82) is 0 Å². The zero-order valence-corrected chi connectivity index (χ0v) is 17.5. The fourth-order valence-corrected chi connectivity index (χ4v) is 3.90. The van der Waals surface area contributed by atoms with E-state index in [4.69, 9.17) is 0 Å². The van der Waals surface area contributed by atoms with E-state index in [1.54, 1.807) is 26.2 Å². The Hall–Kier alpha value is -3.61. The van der Waals surface area contributed by atoms with E-state index in [0.717, 1.165) is 24.8 Å². The maximum Gasteiger partial charge on any atom is 0.257 e. The molecule has 1 atom stereocenters. The number of hydrogen-bond acceptors (Lipinski definition) is 6. The predicted octanol–water partition coefficient (Wildman–Crippen LogP) is 3.39. The van der Waals surface area contributed by atoms with Crippen LogP contribution in [0, 0.1) is 5.92 Å². The van der Waals surface area contributed by atoms with E-state index in [-0.39, 0.29) is 40.3 Å². The lowest BCUT2D eigenvalue weighted by molar-refractivity contribution is 0.0824. The van der Waals surface area contributed by atoms with Gasteiger partial charge in [0.15, 0.2) is 5.75 Å². The number of anilines is 3. The summed E-state index contributed by atoms with van der Waals surface area (Å²) in [6.07, 6.45) is 3.26. The quantitative estimate of drug-likeness (QED) is 0.401. The Labute approximate surface area is 180 Å². The number of carbonyl (C=O) groups excluding carboxylic acids is 1. The van der Waals surface area contributed by atoms with Gasteiger partial charge in [0.2, 0.25) is 0 Å². The predicted molar refractivity (Wildman–Crippen MR) is 121 cm³/mol. The summed E-state index contributed by atoms with van der Waals surface area (Å²) in [7, 11) is 3.18. The number of phenolic OH excluding ortho intramolecular Hbond substituents is 1. The van der Waals surface area contributed by atoms with Crippen LogP contribution >= 0.6 is 0 Å². The van der Waals surface area contributed by atoms with Gasteiger partial charge < -0.3 is 20.6 Å². The van der Waals surface area contributed by atoms with Gasteiger partial charge in [-0.1, -0.05) is 42.8 Å². The van der Waals surface area contributed by atoms with E-state index in [9.17, 15) is 19.5 Å². The number of phenols is 1. The van der Waals surface area contributed by atoms with E-state index < -0.39 is 10.9 Å². The van der Waals surface area contributed by atoms with Gasteiger partial charge in [-0.2, -0.15) is 0 Å². The molecule has 0 radical (unpaired) electrons. The van der Waals surface area contributed by atoms with Crippen LogP contribution in [0.4, 0.5) is 17.1 Å². The summed E-state index contributed by atoms with van der Waals surface area (Å²) < 4.78 is 0. The average molecular weight is 419 g/mol. The van der Waals surface area contributed by atoms with Crippen LogP contribution in [-0.2, 0) is 0 Å². The maximum absolute atomic E-state index is 12.4. The number of benzene rings is 2. The molecule has 3 aromatic rings. The SMILES string of the molecule is CN(C)C(=O)c1cccc(Nc2c(N[C@@H](c3ccccc3)C3CCC3)c(=O)c2=O)c1O. The van der Waals surface area contributed by atoms with Crippen LogP contribution in [0.1, 0.15) is 41.2 Å². The number of para-hydroxylation sites is 1. The molecule has 1 aliphatic carbocycles. The van der Waals surface area contributed by atoms with Gasteiger partial charge in [-0.05, 0) is 36.5 Å². The number of nitrogens with one attached hydrogen (secondary N) is 2. The Morgan fingerprint density at radius 2 is 1.68 bits per heavy atom. The molecule has 0 saturated heterocycles. The average Bonchev–Trinajstić information content (AvgIpc) is 2.74. The smallest absolute Gasteiger partial charge is 0.257 e. The minimum absolute atomic E-state index is 0.0750. The van der Waals surface area contributed by atoms with Crippen molar-refractivity contribution in [3.8, 4) is 5.75 Å². The molecule has 4 rings (SSSR count). The summed E-state index contributed by atoms with van der Waals surface area (Å²) in [4.78, 5) is 38.3. The van der Waals surface area contributed by atoms with Gasteiger partial charge in [0, 0.05) is 14.1 Å². The Bertz CT molecular complexity index is 1180. The molecule has 1 fully saturated rings. The van der Waals surface area contributed by atoms with Crippen molar-refractivity contribution in [3.05, 3.63) is 80.1 Å². The van der Waals surface area contributed by atoms with Crippen molar-refractivity contribution in [3.63, 3.8) is 0 Å². The monoisotopic (exact) mass is 419 g/mol. The molecule has 0 aliphatic heterocycles. The van der Waals surface area contributed by atoms with Gasteiger partial charge >= 0.3 is 0 Å². The highest BCUT2D eigenvalue weighted by Gasteiger charge is 2.32. The minimum atomic E-state index is -0.647. The van der Waals surface area contributed by atoms with Crippen molar-refractivity contribution < 1.29 is 9.90 Å². The first-order valence-electron chi connectivity index (χ1n) is 10.3. The summed E-state index contributed by atoms with van der Waals surface area (Å²) in [5.74, 6) is -0.244. The van der Waals surface area contributed by atoms with Crippen LogP contribution in [0.25, 0.3) is 0 Å². The molecule has 3 N–H and O–H groups in total. The molecule has 1 saturated carbocycles. The molecule has 1 amide bonds. The zero-order chi connectivity index (χ0) is 22.1. The first-order valence-corrected chi connectivity index (χ1v) is 10.3. The Kier molecular flexibility index (Phi) is 5.50. The third-order valence-corrected chi connectivity index (χ3v) is 5.92. The summed E-state index contributed by atoms with van der Waals surface area (Å²) in [5, 5.41) is 16.7. The van der Waals surface area contributed by atoms with Crippen molar-refractivity contribution in [2.75, 3.05) is 24.7 Å². The molecule has 0 spiro atoms. The summed E-state index contributed by atoms with van der Waals surface area (Å²) in [5.41, 5.74) is 0.467. The van der Waals surface area contributed by atoms with Crippen LogP contribution < -0.4 is 21.5 Å². The number of carbonyl (C=O) groups is 1. The topological polar surface area (TPSA) is 98.7 Å². The number of aromatic hydroxyl groups is 1. The Morgan fingerprint density at radius 1 is 1.00 bits per heavy atom. The van der Waals surface area contributed by atoms with E-state index in [0.29, 0.717) is 5.92 Å². The molecule has 0 bridgehead atoms. The standard InChI is InChI=1S/C24H25N3O4/c1-27(2)24(31)16-12-7-13-17(21(16)28)25-19-20(23(30)22(19)29)26-18(15-10-6-11-15)14-8-4-3-5-9-14/h3-5,7-9,12-13,15,18,25-26,28H,6,10-11H2,1-2H3/t18-/m0/s1. The first kappa shape index (κ1) is 20.7. The fourth-order valence-electron chi connectivity index (χ4n) is 3.90. The van der Waals surface area contributed by atoms with Crippen molar-refractivity contribution >= 4 is 23.0 Å². The molecule has 0 unspecified atom stereocenters. The largest absolute Gasteiger partial charge is 0.505 e. The van der Waals surface area contributed by atoms with Crippen LogP contribution in [0.15, 0.2) is 58.1 Å². The molecule has 7 nitrogen and oxygen atoms in total. The van der Waals surface area contributed by atoms with Crippen LogP contribution in [0.5, 0.6) is 5.75 Å². The highest BCUT2D eigenvalue weighted by molar-refractivity contribution is 5.99. The second kappa shape index (κ2) is 8.26. The second-order valence-electron chi connectivity index (χ2n) is 8.16. The van der Waals surface area contributed by atoms with Gasteiger partial charge in [-0.25, -0.2) is 0 Å². The van der Waals surface area contributed by atoms with Gasteiger partial charge in [0.1, 0.15) is 11.4 Å². The summed E-state index contributed by atoms with van der Waals surface area (Å²) in [6.45, 7) is 0. The van der Waals surface area contributed by atoms with E-state index in [2.05, 4.69) is 10.6 Å². The first-order chi connectivity index (χ1) is 14.9. The van der Waals surface area contributed by atoms with Crippen LogP contribution in [-0.4, -0.2) is 30.0 Å². The molecule has 0 heterocycles. The lowest BCUT2D eigenvalue weighted by Crippen LogP contribution is -2.39. The summed E-state index contributed by atoms with van der Waals surface area (Å²) >= 11 is 0. The van der Waals surface area contributed by atoms with E-state index >= 15 is 0 Å². The number of nitrogens with zero attached hydrogens (tertiary/aromatic N) is 1. The number of amides is 1. The minimum Gasteiger partial charge on any atom is -0.505 e. The third-order valence-electron chi connectivity index (χ3n) is 5.92. The Morgan fingerprint density at radius 3 is 2.29 bits per heavy atom. The normalized spacial score (nSPS) is 14.6. The molecule has 1 aliphatic rings. The van der Waals surface area contributed by atoms with E-state index in [1.165, 1.54) is 11.0 Å². The van der Waals surface area contributed by atoms with Gasteiger partial charge in [-0.3, -0.25) is 14.4 Å². The van der Waals surface area contributed by atoms with Crippen LogP contribution in [0.2, 0.25) is 0 Å². The fraction of sp³-hybridized carbons (Fsp3) is 0.292. The lowest BCUT2D eigenvalue weighted by atomic mass is 9.77. The van der Waals surface area contributed by atoms with Gasteiger partial charge in [-0.15, -0.1) is 0 Å². The molecule has 3 aromatic carbocycles. The van der Waals surface area contributed by atoms with Gasteiger partial charge in [0.25, 0.3) is 16.8 Å². The molecular formula is C24H25N3O4. The molecule has 7 heteroatoms. The molecule has 0 aromatic heterocycles. The summed E-state index contributed by atoms with van der Waals surface area (Å²) in [6, 6.07) is 14.5. The van der Waals surface area contributed by atoms with Crippen molar-refractivity contribution in [2.24, 2.45) is 5.92 Å². The maximum atomic E-state index is 12.4. The molecular weight excluding hydrogens is 394 g/mol. The zero-order valence-electron chi connectivity index (χ0n) is 17.5. The van der Waals surface area contributed by atoms with Crippen molar-refractivity contribution in [2.45, 2.75) is 25.3 Å². The highest BCUT2D eigenvalue weighted by atomic mass is 16.3. The third kappa shape index (κ3) is 3.79. The molecule has 31 heavy (non-hydrogen) atoms. The van der Waals surface area contributed by atoms with E-state index in [1.807, 2.05) is 30.3 Å². The second-order valence-corrected chi connectivity index (χ2v) is 8.16. The number of hydrogen-bond donors (Lipinski definition) is 3. The van der Waals surface area contributed by atoms with Gasteiger partial charge in [0.05, 0.1) is 17.3 Å². The molecule has 160 valence electrons. The lowest BCUT2D eigenvalue weighted by Gasteiger charge is -2.35.